The fourth-order valence-electron chi connectivity index (χ4n) is 1.44. The molecule has 0 aliphatic carbocycles. The van der Waals surface area contributed by atoms with Crippen LogP contribution in [0.3, 0.4) is 0 Å². The lowest BCUT2D eigenvalue weighted by atomic mass is 10.2. The van der Waals surface area contributed by atoms with E-state index in [1.165, 1.54) is 0 Å². The zero-order valence-electron chi connectivity index (χ0n) is 10.4. The van der Waals surface area contributed by atoms with E-state index in [1.807, 2.05) is 31.3 Å². The Morgan fingerprint density at radius 1 is 1.42 bits per heavy atom. The maximum atomic E-state index is 9.04. The van der Waals surface area contributed by atoms with Crippen LogP contribution in [0, 0.1) is 0 Å². The maximum Gasteiger partial charge on any atom is 0.351 e. The minimum Gasteiger partial charge on any atom is -0.539 e. The molecular weight excluding hydrogens is 254 g/mol. The van der Waals surface area contributed by atoms with Crippen LogP contribution in [0.4, 0.5) is 0 Å². The molecule has 0 aromatic heterocycles. The number of ether oxygens (including phenoxy) is 2. The molecule has 0 amide bonds. The molecule has 0 fully saturated rings. The molecule has 0 saturated carbocycles. The lowest BCUT2D eigenvalue weighted by Gasteiger charge is -2.24. The summed E-state index contributed by atoms with van der Waals surface area (Å²) in [5.41, 5.74) is 0. The van der Waals surface area contributed by atoms with Crippen LogP contribution in [-0.2, 0) is 9.59 Å². The minimum atomic E-state index is -2.07. The van der Waals surface area contributed by atoms with Gasteiger partial charge in [-0.05, 0) is 12.1 Å². The average molecular weight is 269 g/mol. The molecule has 0 spiro atoms. The molecule has 1 heterocycles. The first-order chi connectivity index (χ1) is 9.04. The fraction of sp³-hybridized carbons (Fsp3) is 0.333. The number of benzene rings is 1. The van der Waals surface area contributed by atoms with E-state index in [9.17, 15) is 0 Å². The zero-order chi connectivity index (χ0) is 14.3. The van der Waals surface area contributed by atoms with Gasteiger partial charge in [0.1, 0.15) is 13.2 Å². The smallest absolute Gasteiger partial charge is 0.351 e. The van der Waals surface area contributed by atoms with Crippen molar-refractivity contribution in [1.82, 2.24) is 0 Å². The van der Waals surface area contributed by atoms with Crippen molar-refractivity contribution < 1.29 is 34.6 Å². The highest BCUT2D eigenvalue weighted by atomic mass is 16.6. The third-order valence-electron chi connectivity index (χ3n) is 2.24. The van der Waals surface area contributed by atoms with Crippen molar-refractivity contribution in [2.24, 2.45) is 0 Å². The summed E-state index contributed by atoms with van der Waals surface area (Å²) in [6, 6.07) is 7.78. The van der Waals surface area contributed by atoms with Gasteiger partial charge in [-0.1, -0.05) is 12.1 Å². The van der Waals surface area contributed by atoms with Crippen LogP contribution in [0.15, 0.2) is 24.3 Å². The Morgan fingerprint density at radius 2 is 2.00 bits per heavy atom. The minimum absolute atomic E-state index is 0.180. The standard InChI is InChI=1S/C10H13NO2.C2H2O4/c1-11-6-8-7-12-9-4-2-3-5-10(9)13-8;3-1(4)2(5)6/h2-5,8,11H,6-7H2,1H3;(H,3,4)(H,5,6). The summed E-state index contributed by atoms with van der Waals surface area (Å²) in [7, 11) is 2.03. The number of carboxylic acid groups (broad SMARTS) is 2. The number of quaternary nitrogens is 1. The summed E-state index contributed by atoms with van der Waals surface area (Å²) in [5.74, 6) is -2.29. The molecule has 1 aliphatic rings. The number of likely N-dealkylation sites (N-methyl/N-ethyl adjacent to an activating group) is 1. The van der Waals surface area contributed by atoms with Gasteiger partial charge in [0, 0.05) is 0 Å². The lowest BCUT2D eigenvalue weighted by molar-refractivity contribution is -0.633. The number of fused-ring (bicyclic) bond motifs is 1. The number of carbonyl (C=O) groups is 2. The monoisotopic (exact) mass is 269 g/mol. The first kappa shape index (κ1) is 14.8. The lowest BCUT2D eigenvalue weighted by Crippen LogP contribution is -2.83. The van der Waals surface area contributed by atoms with E-state index in [0.29, 0.717) is 6.61 Å². The Hall–Kier alpha value is -2.28. The van der Waals surface area contributed by atoms with Crippen LogP contribution >= 0.6 is 0 Å². The van der Waals surface area contributed by atoms with E-state index in [4.69, 9.17) is 29.3 Å². The molecular formula is C12H15NO6. The molecule has 104 valence electrons. The van der Waals surface area contributed by atoms with Crippen molar-refractivity contribution in [3.05, 3.63) is 24.3 Å². The van der Waals surface area contributed by atoms with E-state index in [2.05, 4.69) is 5.32 Å². The molecule has 7 heteroatoms. The molecule has 0 radical (unpaired) electrons. The second kappa shape index (κ2) is 7.22. The van der Waals surface area contributed by atoms with Gasteiger partial charge < -0.3 is 29.8 Å². The predicted octanol–water partition coefficient (Wildman–Crippen LogP) is -2.16. The molecule has 1 atom stereocenters. The van der Waals surface area contributed by atoms with Gasteiger partial charge in [-0.3, -0.25) is 0 Å². The molecule has 2 rings (SSSR count). The van der Waals surface area contributed by atoms with Crippen molar-refractivity contribution in [3.63, 3.8) is 0 Å². The number of carbonyl (C=O) groups excluding carboxylic acids is 1. The second-order valence-electron chi connectivity index (χ2n) is 3.73. The van der Waals surface area contributed by atoms with Gasteiger partial charge >= 0.3 is 5.97 Å². The van der Waals surface area contributed by atoms with Gasteiger partial charge in [0.25, 0.3) is 0 Å². The predicted molar refractivity (Wildman–Crippen MR) is 61.7 cm³/mol. The van der Waals surface area contributed by atoms with Crippen molar-refractivity contribution in [1.29, 1.82) is 0 Å². The number of carboxylic acids is 2. The molecule has 1 aromatic rings. The number of nitrogens with two attached hydrogens (primary N) is 1. The van der Waals surface area contributed by atoms with Crippen molar-refractivity contribution >= 4 is 11.9 Å². The van der Waals surface area contributed by atoms with Gasteiger partial charge in [-0.25, -0.2) is 4.79 Å². The number of aliphatic carboxylic acids is 2. The molecule has 1 unspecified atom stereocenters. The fourth-order valence-corrected chi connectivity index (χ4v) is 1.44. The zero-order valence-corrected chi connectivity index (χ0v) is 10.4. The molecule has 3 N–H and O–H groups in total. The first-order valence-electron chi connectivity index (χ1n) is 5.65. The van der Waals surface area contributed by atoms with E-state index in [1.54, 1.807) is 0 Å². The van der Waals surface area contributed by atoms with Gasteiger partial charge in [0.15, 0.2) is 23.6 Å². The summed E-state index contributed by atoms with van der Waals surface area (Å²) in [5, 5.41) is 18.4. The van der Waals surface area contributed by atoms with Gasteiger partial charge in [-0.2, -0.15) is 0 Å². The van der Waals surface area contributed by atoms with Gasteiger partial charge in [0.05, 0.1) is 7.05 Å². The number of rotatable bonds is 2. The van der Waals surface area contributed by atoms with Crippen LogP contribution < -0.4 is 19.9 Å². The molecule has 1 aromatic carbocycles. The van der Waals surface area contributed by atoms with Crippen LogP contribution in [0.25, 0.3) is 0 Å². The van der Waals surface area contributed by atoms with Crippen molar-refractivity contribution in [2.45, 2.75) is 6.10 Å². The highest BCUT2D eigenvalue weighted by molar-refractivity contribution is 6.26. The highest BCUT2D eigenvalue weighted by Crippen LogP contribution is 2.30. The Balaban J connectivity index is 0.000000258. The van der Waals surface area contributed by atoms with Crippen molar-refractivity contribution in [2.75, 3.05) is 20.2 Å². The Labute approximate surface area is 109 Å². The third kappa shape index (κ3) is 4.84. The maximum absolute atomic E-state index is 9.04. The van der Waals surface area contributed by atoms with Crippen molar-refractivity contribution in [3.8, 4) is 11.5 Å². The molecule has 19 heavy (non-hydrogen) atoms. The number of para-hydroxylation sites is 2. The summed E-state index contributed by atoms with van der Waals surface area (Å²) >= 11 is 0. The Bertz CT molecular complexity index is 436. The number of hydrogen-bond donors (Lipinski definition) is 2. The van der Waals surface area contributed by atoms with Crippen LogP contribution in [0.2, 0.25) is 0 Å². The molecule has 1 aliphatic heterocycles. The molecule has 0 saturated heterocycles. The average Bonchev–Trinajstić information content (AvgIpc) is 2.39. The Kier molecular flexibility index (Phi) is 5.62. The summed E-state index contributed by atoms with van der Waals surface area (Å²) in [6.45, 7) is 1.59. The Morgan fingerprint density at radius 3 is 2.53 bits per heavy atom. The SMILES string of the molecule is C[NH2+]CC1COc2ccccc2O1.O=C([O-])C(=O)O. The van der Waals surface area contributed by atoms with E-state index in [-0.39, 0.29) is 6.10 Å². The van der Waals surface area contributed by atoms with Crippen LogP contribution in [0.1, 0.15) is 0 Å². The third-order valence-corrected chi connectivity index (χ3v) is 2.24. The number of hydrogen-bond acceptors (Lipinski definition) is 5. The summed E-state index contributed by atoms with van der Waals surface area (Å²) < 4.78 is 11.3. The normalized spacial score (nSPS) is 15.9. The van der Waals surface area contributed by atoms with Gasteiger partial charge in [0.2, 0.25) is 0 Å². The molecule has 0 bridgehead atoms. The van der Waals surface area contributed by atoms with E-state index in [0.717, 1.165) is 18.0 Å². The van der Waals surface area contributed by atoms with E-state index >= 15 is 0 Å². The summed E-state index contributed by atoms with van der Waals surface area (Å²) in [6.07, 6.45) is 0.180. The highest BCUT2D eigenvalue weighted by Gasteiger charge is 2.20. The van der Waals surface area contributed by atoms with E-state index < -0.39 is 11.9 Å². The topological polar surface area (TPSA) is 113 Å². The first-order valence-corrected chi connectivity index (χ1v) is 5.65. The van der Waals surface area contributed by atoms with Crippen LogP contribution in [-0.4, -0.2) is 43.3 Å². The quantitative estimate of drug-likeness (QED) is 0.591. The van der Waals surface area contributed by atoms with Gasteiger partial charge in [-0.15, -0.1) is 0 Å². The molecule has 7 nitrogen and oxygen atoms in total. The largest absolute Gasteiger partial charge is 0.539 e. The summed E-state index contributed by atoms with van der Waals surface area (Å²) in [4.78, 5) is 18.0. The van der Waals surface area contributed by atoms with Crippen LogP contribution in [0.5, 0.6) is 11.5 Å². The second-order valence-corrected chi connectivity index (χ2v) is 3.73.